The maximum absolute atomic E-state index is 13.2. The van der Waals surface area contributed by atoms with Crippen molar-refractivity contribution in [2.24, 2.45) is 11.8 Å². The number of fused-ring (bicyclic) bond motifs is 8. The summed E-state index contributed by atoms with van der Waals surface area (Å²) >= 11 is 0. The molecular formula is C42H44N6O4. The first kappa shape index (κ1) is 31.6. The van der Waals surface area contributed by atoms with Gasteiger partial charge in [-0.25, -0.2) is 19.6 Å². The molecule has 4 aliphatic rings. The standard InChI is InChI=1S/C42H44N6O4/c1-41(2,3)51-39(49)47-31-17-25(31)19-33(47)37-43-29-13-9-23-15-21(7-11-27(23)35(29)45-37)22-8-12-28-24(16-22)10-14-30-36(28)46-38(44-30)34-20-26-18-32(26)48(34)40(50)52-42(4,5)6/h7-16,25-26,31-34H,17-20H2,1-6H3,(H,43,45)(H,44,46)/t25-,26-,31-,32-,33+,34+/m1/s1. The number of H-pyrrole nitrogens is 2. The van der Waals surface area contributed by atoms with E-state index in [4.69, 9.17) is 19.4 Å². The van der Waals surface area contributed by atoms with Crippen LogP contribution in [-0.4, -0.2) is 65.2 Å². The molecule has 0 spiro atoms. The predicted octanol–water partition coefficient (Wildman–Crippen LogP) is 9.55. The summed E-state index contributed by atoms with van der Waals surface area (Å²) in [6.07, 6.45) is 3.39. The van der Waals surface area contributed by atoms with E-state index in [-0.39, 0.29) is 36.4 Å². The SMILES string of the molecule is CC(C)(C)OC(=O)N1[C@@H]2C[C@@H]2C[C@H]1c1nc2ccc3cc(-c4ccc5c(ccc6nc([C@@H]7C[C@H]8C[C@H]8N7C(=O)OC(C)(C)C)[nH]c65)c4)ccc3c2[nH]1. The molecule has 2 aromatic heterocycles. The first-order valence-corrected chi connectivity index (χ1v) is 18.7. The fourth-order valence-corrected chi connectivity index (χ4v) is 8.89. The first-order chi connectivity index (χ1) is 24.8. The average molecular weight is 697 g/mol. The van der Waals surface area contributed by atoms with Crippen molar-refractivity contribution in [3.8, 4) is 11.1 Å². The molecule has 2 saturated carbocycles. The highest BCUT2D eigenvalue weighted by Crippen LogP contribution is 2.55. The Morgan fingerprint density at radius 1 is 0.615 bits per heavy atom. The third-order valence-corrected chi connectivity index (χ3v) is 11.4. The number of rotatable bonds is 3. The number of carbonyl (C=O) groups is 2. The van der Waals surface area contributed by atoms with E-state index in [2.05, 4.69) is 70.6 Å². The average Bonchev–Trinajstić information content (AvgIpc) is 3.72. The van der Waals surface area contributed by atoms with Crippen LogP contribution in [0.4, 0.5) is 9.59 Å². The van der Waals surface area contributed by atoms with Gasteiger partial charge in [0.25, 0.3) is 0 Å². The number of aromatic amines is 2. The smallest absolute Gasteiger partial charge is 0.411 e. The fraction of sp³-hybridized carbons (Fsp3) is 0.429. The number of hydrogen-bond donors (Lipinski definition) is 2. The zero-order valence-electron chi connectivity index (χ0n) is 30.5. The molecule has 266 valence electrons. The van der Waals surface area contributed by atoms with Crippen molar-refractivity contribution in [2.45, 2.75) is 103 Å². The number of hydrogen-bond acceptors (Lipinski definition) is 6. The first-order valence-electron chi connectivity index (χ1n) is 18.7. The fourth-order valence-electron chi connectivity index (χ4n) is 8.89. The number of benzene rings is 4. The number of imidazole rings is 2. The topological polar surface area (TPSA) is 116 Å². The highest BCUT2D eigenvalue weighted by Gasteiger charge is 2.57. The highest BCUT2D eigenvalue weighted by molar-refractivity contribution is 6.07. The molecule has 2 N–H and O–H groups in total. The molecule has 52 heavy (non-hydrogen) atoms. The summed E-state index contributed by atoms with van der Waals surface area (Å²) in [7, 11) is 0. The summed E-state index contributed by atoms with van der Waals surface area (Å²) < 4.78 is 11.6. The van der Waals surface area contributed by atoms with E-state index in [9.17, 15) is 9.59 Å². The monoisotopic (exact) mass is 696 g/mol. The number of aromatic nitrogens is 4. The van der Waals surface area contributed by atoms with E-state index in [1.54, 1.807) is 0 Å². The number of ether oxygens (including phenoxy) is 2. The van der Waals surface area contributed by atoms with Crippen molar-refractivity contribution >= 4 is 55.8 Å². The molecule has 4 heterocycles. The zero-order valence-corrected chi connectivity index (χ0v) is 30.5. The summed E-state index contributed by atoms with van der Waals surface area (Å²) in [5.41, 5.74) is 4.95. The second-order valence-electron chi connectivity index (χ2n) is 17.4. The van der Waals surface area contributed by atoms with E-state index < -0.39 is 11.2 Å². The largest absolute Gasteiger partial charge is 0.444 e. The Bertz CT molecular complexity index is 2300. The lowest BCUT2D eigenvalue weighted by Crippen LogP contribution is -2.38. The van der Waals surface area contributed by atoms with Gasteiger partial charge < -0.3 is 19.4 Å². The molecule has 10 rings (SSSR count). The van der Waals surface area contributed by atoms with Gasteiger partial charge in [0.2, 0.25) is 0 Å². The van der Waals surface area contributed by atoms with Crippen LogP contribution in [0.1, 0.15) is 91.0 Å². The van der Waals surface area contributed by atoms with Gasteiger partial charge in [0, 0.05) is 22.9 Å². The lowest BCUT2D eigenvalue weighted by atomic mass is 9.98. The molecule has 0 radical (unpaired) electrons. The maximum Gasteiger partial charge on any atom is 0.411 e. The number of nitrogens with one attached hydrogen (secondary N) is 2. The summed E-state index contributed by atoms with van der Waals surface area (Å²) in [6, 6.07) is 21.8. The van der Waals surface area contributed by atoms with E-state index in [0.717, 1.165) is 92.1 Å². The number of amides is 2. The molecule has 2 aliphatic carbocycles. The Hall–Kier alpha value is -5.12. The number of carbonyl (C=O) groups excluding carboxylic acids is 2. The van der Waals surface area contributed by atoms with Gasteiger partial charge >= 0.3 is 12.2 Å². The van der Waals surface area contributed by atoms with Crippen LogP contribution in [0.25, 0.3) is 54.7 Å². The quantitative estimate of drug-likeness (QED) is 0.190. The highest BCUT2D eigenvalue weighted by atomic mass is 16.6. The van der Waals surface area contributed by atoms with Gasteiger partial charge in [-0.15, -0.1) is 0 Å². The van der Waals surface area contributed by atoms with Crippen molar-refractivity contribution in [1.29, 1.82) is 0 Å². The van der Waals surface area contributed by atoms with Gasteiger partial charge in [0.1, 0.15) is 22.9 Å². The number of piperidine rings is 2. The van der Waals surface area contributed by atoms with Crippen LogP contribution in [-0.2, 0) is 9.47 Å². The lowest BCUT2D eigenvalue weighted by molar-refractivity contribution is 0.0164. The summed E-state index contributed by atoms with van der Waals surface area (Å²) in [6.45, 7) is 11.5. The maximum atomic E-state index is 13.2. The van der Waals surface area contributed by atoms with Gasteiger partial charge in [-0.2, -0.15) is 0 Å². The normalized spacial score (nSPS) is 25.3. The van der Waals surface area contributed by atoms with Crippen LogP contribution in [0.15, 0.2) is 60.7 Å². The van der Waals surface area contributed by atoms with E-state index in [1.807, 2.05) is 51.3 Å². The Kier molecular flexibility index (Phi) is 6.51. The molecular weight excluding hydrogens is 652 g/mol. The van der Waals surface area contributed by atoms with E-state index in [0.29, 0.717) is 11.8 Å². The second-order valence-corrected chi connectivity index (χ2v) is 17.4. The van der Waals surface area contributed by atoms with E-state index >= 15 is 0 Å². The van der Waals surface area contributed by atoms with E-state index in [1.165, 1.54) is 0 Å². The van der Waals surface area contributed by atoms with Crippen LogP contribution in [0.2, 0.25) is 0 Å². The zero-order chi connectivity index (χ0) is 35.8. The van der Waals surface area contributed by atoms with Crippen molar-refractivity contribution in [1.82, 2.24) is 29.7 Å². The Balaban J connectivity index is 0.940. The minimum atomic E-state index is -0.543. The molecule has 2 aliphatic heterocycles. The van der Waals surface area contributed by atoms with Crippen molar-refractivity contribution in [3.63, 3.8) is 0 Å². The van der Waals surface area contributed by atoms with Gasteiger partial charge in [0.05, 0.1) is 34.2 Å². The molecule has 4 aromatic carbocycles. The van der Waals surface area contributed by atoms with Gasteiger partial charge in [-0.3, -0.25) is 9.80 Å². The molecule has 10 nitrogen and oxygen atoms in total. The van der Waals surface area contributed by atoms with Gasteiger partial charge in [-0.05, 0) is 125 Å². The number of likely N-dealkylation sites (tertiary alicyclic amines) is 2. The third-order valence-electron chi connectivity index (χ3n) is 11.4. The van der Waals surface area contributed by atoms with Crippen LogP contribution < -0.4 is 0 Å². The van der Waals surface area contributed by atoms with Gasteiger partial charge in [-0.1, -0.05) is 36.4 Å². The summed E-state index contributed by atoms with van der Waals surface area (Å²) in [4.78, 5) is 47.5. The Morgan fingerprint density at radius 2 is 1.04 bits per heavy atom. The molecule has 2 amide bonds. The molecule has 4 fully saturated rings. The second kappa shape index (κ2) is 10.7. The molecule has 0 bridgehead atoms. The van der Waals surface area contributed by atoms with Crippen LogP contribution in [0.3, 0.4) is 0 Å². The Labute approximate surface area is 301 Å². The van der Waals surface area contributed by atoms with Gasteiger partial charge in [0.15, 0.2) is 0 Å². The number of nitrogens with zero attached hydrogens (tertiary/aromatic N) is 4. The van der Waals surface area contributed by atoms with Crippen molar-refractivity contribution in [3.05, 3.63) is 72.3 Å². The van der Waals surface area contributed by atoms with Crippen molar-refractivity contribution in [2.75, 3.05) is 0 Å². The summed E-state index contributed by atoms with van der Waals surface area (Å²) in [5, 5.41) is 4.45. The lowest BCUT2D eigenvalue weighted by Gasteiger charge is -2.29. The Morgan fingerprint density at radius 3 is 1.44 bits per heavy atom. The molecule has 2 saturated heterocycles. The summed E-state index contributed by atoms with van der Waals surface area (Å²) in [5.74, 6) is 2.70. The minimum absolute atomic E-state index is 0.108. The third kappa shape index (κ3) is 5.20. The molecule has 0 unspecified atom stereocenters. The van der Waals surface area contributed by atoms with Crippen molar-refractivity contribution < 1.29 is 19.1 Å². The van der Waals surface area contributed by atoms with Crippen LogP contribution in [0, 0.1) is 11.8 Å². The van der Waals surface area contributed by atoms with Crippen LogP contribution in [0.5, 0.6) is 0 Å². The molecule has 6 aromatic rings. The molecule has 6 atom stereocenters. The minimum Gasteiger partial charge on any atom is -0.444 e. The van der Waals surface area contributed by atoms with Crippen LogP contribution >= 0.6 is 0 Å². The predicted molar refractivity (Wildman–Crippen MR) is 201 cm³/mol. The molecule has 10 heteroatoms.